The Hall–Kier alpha value is -1.66. The van der Waals surface area contributed by atoms with Gasteiger partial charge in [-0.25, -0.2) is 9.97 Å². The van der Waals surface area contributed by atoms with Crippen LogP contribution in [0.1, 0.15) is 50.4 Å². The van der Waals surface area contributed by atoms with E-state index in [4.69, 9.17) is 0 Å². The number of hydrogen-bond acceptors (Lipinski definition) is 4. The molecule has 1 aliphatic rings. The number of hydrogen-bond donors (Lipinski definition) is 1. The molecule has 1 aliphatic heterocycles. The van der Waals surface area contributed by atoms with E-state index in [1.807, 2.05) is 30.3 Å². The van der Waals surface area contributed by atoms with Gasteiger partial charge in [0, 0.05) is 38.2 Å². The molecule has 6 heteroatoms. The third-order valence-corrected chi connectivity index (χ3v) is 4.89. The number of likely N-dealkylation sites (tertiary alicyclic amines) is 1. The molecule has 126 valence electrons. The Morgan fingerprint density at radius 2 is 2.04 bits per heavy atom. The summed E-state index contributed by atoms with van der Waals surface area (Å²) in [6.45, 7) is 7.31. The van der Waals surface area contributed by atoms with Crippen molar-refractivity contribution in [2.24, 2.45) is 13.0 Å². The number of aromatic nitrogens is 4. The van der Waals surface area contributed by atoms with Crippen LogP contribution in [0.3, 0.4) is 0 Å². The van der Waals surface area contributed by atoms with Gasteiger partial charge in [-0.1, -0.05) is 0 Å². The largest absolute Gasteiger partial charge is 0.385 e. The van der Waals surface area contributed by atoms with Gasteiger partial charge in [-0.3, -0.25) is 4.90 Å². The van der Waals surface area contributed by atoms with E-state index in [0.717, 1.165) is 38.3 Å². The van der Waals surface area contributed by atoms with Crippen LogP contribution in [0, 0.1) is 5.92 Å². The predicted octanol–water partition coefficient (Wildman–Crippen LogP) is 2.14. The lowest BCUT2D eigenvalue weighted by Crippen LogP contribution is -2.36. The SMILES string of the molecule is CC(C)n1cncc1CN1CCC([C@H](O)c2nccn2C)CC1. The van der Waals surface area contributed by atoms with Gasteiger partial charge in [-0.05, 0) is 45.7 Å². The van der Waals surface area contributed by atoms with Crippen molar-refractivity contribution in [3.63, 3.8) is 0 Å². The number of aliphatic hydroxyl groups is 1. The summed E-state index contributed by atoms with van der Waals surface area (Å²) in [5.74, 6) is 1.07. The Morgan fingerprint density at radius 3 is 2.65 bits per heavy atom. The van der Waals surface area contributed by atoms with E-state index in [2.05, 4.69) is 33.3 Å². The lowest BCUT2D eigenvalue weighted by Gasteiger charge is -2.34. The van der Waals surface area contributed by atoms with Crippen molar-refractivity contribution < 1.29 is 5.11 Å². The van der Waals surface area contributed by atoms with Crippen LogP contribution in [0.15, 0.2) is 24.9 Å². The fourth-order valence-electron chi connectivity index (χ4n) is 3.45. The summed E-state index contributed by atoms with van der Waals surface area (Å²) in [6, 6.07) is 0.440. The molecule has 0 radical (unpaired) electrons. The Balaban J connectivity index is 1.56. The van der Waals surface area contributed by atoms with Crippen molar-refractivity contribution >= 4 is 0 Å². The van der Waals surface area contributed by atoms with Crippen molar-refractivity contribution in [2.75, 3.05) is 13.1 Å². The molecule has 2 aromatic rings. The molecule has 23 heavy (non-hydrogen) atoms. The molecule has 0 spiro atoms. The quantitative estimate of drug-likeness (QED) is 0.918. The summed E-state index contributed by atoms with van der Waals surface area (Å²) in [4.78, 5) is 11.0. The second-order valence-corrected chi connectivity index (χ2v) is 6.84. The molecule has 1 fully saturated rings. The minimum Gasteiger partial charge on any atom is -0.385 e. The zero-order valence-corrected chi connectivity index (χ0v) is 14.3. The summed E-state index contributed by atoms with van der Waals surface area (Å²) >= 11 is 0. The standard InChI is InChI=1S/C17H27N5O/c1-13(2)22-12-18-10-15(22)11-21-7-4-14(5-8-21)16(23)17-19-6-9-20(17)3/h6,9-10,12-14,16,23H,4-5,7-8,11H2,1-3H3/t16-/m0/s1. The molecule has 3 heterocycles. The number of piperidine rings is 1. The van der Waals surface area contributed by atoms with Crippen LogP contribution in [0.5, 0.6) is 0 Å². The van der Waals surface area contributed by atoms with Gasteiger partial charge < -0.3 is 14.2 Å². The molecule has 6 nitrogen and oxygen atoms in total. The van der Waals surface area contributed by atoms with Crippen LogP contribution in [0.25, 0.3) is 0 Å². The van der Waals surface area contributed by atoms with Gasteiger partial charge in [0.15, 0.2) is 0 Å². The number of aryl methyl sites for hydroxylation is 1. The fraction of sp³-hybridized carbons (Fsp3) is 0.647. The monoisotopic (exact) mass is 317 g/mol. The molecule has 2 aromatic heterocycles. The second kappa shape index (κ2) is 6.84. The summed E-state index contributed by atoms with van der Waals surface area (Å²) in [5, 5.41) is 10.6. The van der Waals surface area contributed by atoms with Gasteiger partial charge in [-0.2, -0.15) is 0 Å². The molecule has 0 saturated carbocycles. The van der Waals surface area contributed by atoms with Crippen LogP contribution < -0.4 is 0 Å². The Labute approximate surface area is 137 Å². The van der Waals surface area contributed by atoms with Crippen LogP contribution >= 0.6 is 0 Å². The molecule has 1 atom stereocenters. The maximum Gasteiger partial charge on any atom is 0.137 e. The molecule has 0 amide bonds. The smallest absolute Gasteiger partial charge is 0.137 e. The third kappa shape index (κ3) is 3.48. The van der Waals surface area contributed by atoms with E-state index in [-0.39, 0.29) is 0 Å². The highest BCUT2D eigenvalue weighted by Gasteiger charge is 2.28. The average molecular weight is 317 g/mol. The minimum atomic E-state index is -0.460. The topological polar surface area (TPSA) is 59.1 Å². The van der Waals surface area contributed by atoms with E-state index in [1.54, 1.807) is 6.20 Å². The van der Waals surface area contributed by atoms with Crippen molar-refractivity contribution in [1.82, 2.24) is 24.0 Å². The predicted molar refractivity (Wildman–Crippen MR) is 88.8 cm³/mol. The molecule has 1 N–H and O–H groups in total. The van der Waals surface area contributed by atoms with Crippen LogP contribution in [0.4, 0.5) is 0 Å². The van der Waals surface area contributed by atoms with Crippen molar-refractivity contribution in [3.05, 3.63) is 36.4 Å². The lowest BCUT2D eigenvalue weighted by molar-refractivity contribution is 0.0486. The molecule has 0 aromatic carbocycles. The Bertz CT molecular complexity index is 624. The molecule has 0 unspecified atom stereocenters. The maximum absolute atomic E-state index is 10.6. The lowest BCUT2D eigenvalue weighted by atomic mass is 9.90. The highest BCUT2D eigenvalue weighted by molar-refractivity contribution is 5.01. The van der Waals surface area contributed by atoms with E-state index in [0.29, 0.717) is 12.0 Å². The molecule has 3 rings (SSSR count). The third-order valence-electron chi connectivity index (χ3n) is 4.89. The van der Waals surface area contributed by atoms with E-state index in [1.165, 1.54) is 5.69 Å². The van der Waals surface area contributed by atoms with Gasteiger partial charge in [-0.15, -0.1) is 0 Å². The fourth-order valence-corrected chi connectivity index (χ4v) is 3.45. The summed E-state index contributed by atoms with van der Waals surface area (Å²) in [6.07, 6.45) is 9.07. The first-order valence-electron chi connectivity index (χ1n) is 8.44. The van der Waals surface area contributed by atoms with Gasteiger partial charge in [0.1, 0.15) is 11.9 Å². The highest BCUT2D eigenvalue weighted by atomic mass is 16.3. The van der Waals surface area contributed by atoms with Crippen molar-refractivity contribution in [1.29, 1.82) is 0 Å². The Kier molecular flexibility index (Phi) is 4.82. The first-order chi connectivity index (χ1) is 11.1. The zero-order chi connectivity index (χ0) is 16.4. The number of nitrogens with zero attached hydrogens (tertiary/aromatic N) is 5. The molecular formula is C17H27N5O. The van der Waals surface area contributed by atoms with E-state index in [9.17, 15) is 5.11 Å². The van der Waals surface area contributed by atoms with Crippen LogP contribution in [-0.2, 0) is 13.6 Å². The van der Waals surface area contributed by atoms with Gasteiger partial charge in [0.25, 0.3) is 0 Å². The van der Waals surface area contributed by atoms with Crippen LogP contribution in [0.2, 0.25) is 0 Å². The van der Waals surface area contributed by atoms with Gasteiger partial charge in [0.2, 0.25) is 0 Å². The van der Waals surface area contributed by atoms with Gasteiger partial charge in [0.05, 0.1) is 12.0 Å². The first-order valence-corrected chi connectivity index (χ1v) is 8.44. The minimum absolute atomic E-state index is 0.294. The number of rotatable bonds is 5. The number of imidazole rings is 2. The van der Waals surface area contributed by atoms with Crippen molar-refractivity contribution in [3.8, 4) is 0 Å². The highest BCUT2D eigenvalue weighted by Crippen LogP contribution is 2.30. The molecular weight excluding hydrogens is 290 g/mol. The average Bonchev–Trinajstić information content (AvgIpc) is 3.16. The molecule has 0 aliphatic carbocycles. The Morgan fingerprint density at radius 1 is 1.30 bits per heavy atom. The number of aliphatic hydroxyl groups excluding tert-OH is 1. The summed E-state index contributed by atoms with van der Waals surface area (Å²) < 4.78 is 4.15. The van der Waals surface area contributed by atoms with E-state index >= 15 is 0 Å². The molecule has 0 bridgehead atoms. The van der Waals surface area contributed by atoms with Crippen molar-refractivity contribution in [2.45, 2.75) is 45.4 Å². The summed E-state index contributed by atoms with van der Waals surface area (Å²) in [7, 11) is 1.94. The van der Waals surface area contributed by atoms with E-state index < -0.39 is 6.10 Å². The second-order valence-electron chi connectivity index (χ2n) is 6.84. The maximum atomic E-state index is 10.6. The zero-order valence-electron chi connectivity index (χ0n) is 14.3. The van der Waals surface area contributed by atoms with Crippen LogP contribution in [-0.4, -0.2) is 42.2 Å². The molecule has 1 saturated heterocycles. The summed E-state index contributed by atoms with van der Waals surface area (Å²) in [5.41, 5.74) is 1.27. The first kappa shape index (κ1) is 16.2. The normalized spacial score (nSPS) is 18.7. The van der Waals surface area contributed by atoms with Gasteiger partial charge >= 0.3 is 0 Å².